The van der Waals surface area contributed by atoms with Crippen molar-refractivity contribution in [2.24, 2.45) is 11.8 Å². The monoisotopic (exact) mass is 284 g/mol. The van der Waals surface area contributed by atoms with Crippen molar-refractivity contribution >= 4 is 6.09 Å². The number of nitrogens with one attached hydrogen (secondary N) is 2. The number of carbonyl (C=O) groups is 1. The average molecular weight is 284 g/mol. The van der Waals surface area contributed by atoms with Crippen LogP contribution in [-0.4, -0.2) is 30.3 Å². The lowest BCUT2D eigenvalue weighted by molar-refractivity contribution is 0.0488. The van der Waals surface area contributed by atoms with Crippen molar-refractivity contribution in [3.05, 3.63) is 0 Å². The largest absolute Gasteiger partial charge is 0.444 e. The molecule has 1 aliphatic rings. The third-order valence-corrected chi connectivity index (χ3v) is 3.97. The molecular formula is C16H32N2O2. The molecule has 0 aliphatic heterocycles. The molecule has 0 spiro atoms. The van der Waals surface area contributed by atoms with Gasteiger partial charge >= 0.3 is 6.09 Å². The molecule has 1 rings (SSSR count). The molecule has 3 unspecified atom stereocenters. The molecule has 0 aromatic rings. The van der Waals surface area contributed by atoms with E-state index in [-0.39, 0.29) is 12.1 Å². The third-order valence-electron chi connectivity index (χ3n) is 3.97. The first-order valence-electron chi connectivity index (χ1n) is 7.92. The molecule has 4 heteroatoms. The number of amides is 1. The van der Waals surface area contributed by atoms with Crippen LogP contribution in [0.1, 0.15) is 60.8 Å². The highest BCUT2D eigenvalue weighted by Crippen LogP contribution is 2.24. The first kappa shape index (κ1) is 17.3. The molecule has 1 fully saturated rings. The molecule has 118 valence electrons. The van der Waals surface area contributed by atoms with E-state index in [0.29, 0.717) is 12.0 Å². The summed E-state index contributed by atoms with van der Waals surface area (Å²) in [6, 6.07) is 0.703. The maximum absolute atomic E-state index is 11.9. The van der Waals surface area contributed by atoms with Gasteiger partial charge in [-0.15, -0.1) is 0 Å². The van der Waals surface area contributed by atoms with E-state index in [9.17, 15) is 4.79 Å². The Labute approximate surface area is 124 Å². The van der Waals surface area contributed by atoms with Crippen LogP contribution in [0.4, 0.5) is 4.79 Å². The second-order valence-corrected chi connectivity index (χ2v) is 7.42. The summed E-state index contributed by atoms with van der Waals surface area (Å²) in [6.45, 7) is 13.0. The highest BCUT2D eigenvalue weighted by molar-refractivity contribution is 5.68. The van der Waals surface area contributed by atoms with Gasteiger partial charge in [0.25, 0.3) is 0 Å². The van der Waals surface area contributed by atoms with Gasteiger partial charge in [-0.25, -0.2) is 4.79 Å². The molecule has 0 saturated heterocycles. The quantitative estimate of drug-likeness (QED) is 0.814. The average Bonchev–Trinajstić information content (AvgIpc) is 2.67. The second-order valence-electron chi connectivity index (χ2n) is 7.42. The molecule has 0 radical (unpaired) electrons. The Balaban J connectivity index is 2.42. The molecule has 1 aliphatic carbocycles. The summed E-state index contributed by atoms with van der Waals surface area (Å²) in [5, 5.41) is 6.60. The van der Waals surface area contributed by atoms with Crippen LogP contribution in [0.15, 0.2) is 0 Å². The summed E-state index contributed by atoms with van der Waals surface area (Å²) < 4.78 is 5.33. The first-order valence-corrected chi connectivity index (χ1v) is 7.92. The molecule has 0 aromatic heterocycles. The van der Waals surface area contributed by atoms with E-state index in [0.717, 1.165) is 12.5 Å². The molecule has 0 bridgehead atoms. The lowest BCUT2D eigenvalue weighted by Gasteiger charge is -2.28. The van der Waals surface area contributed by atoms with Crippen molar-refractivity contribution in [1.29, 1.82) is 0 Å². The van der Waals surface area contributed by atoms with Crippen LogP contribution in [0.3, 0.4) is 0 Å². The fourth-order valence-electron chi connectivity index (χ4n) is 2.64. The molecule has 1 saturated carbocycles. The van der Waals surface area contributed by atoms with Crippen molar-refractivity contribution in [2.45, 2.75) is 78.5 Å². The number of hydrogen-bond donors (Lipinski definition) is 2. The van der Waals surface area contributed by atoms with E-state index >= 15 is 0 Å². The summed E-state index contributed by atoms with van der Waals surface area (Å²) in [5.74, 6) is 1.12. The number of carbonyl (C=O) groups excluding carboxylic acids is 1. The summed E-state index contributed by atoms with van der Waals surface area (Å²) in [5.41, 5.74) is -0.445. The first-order chi connectivity index (χ1) is 9.19. The summed E-state index contributed by atoms with van der Waals surface area (Å²) in [4.78, 5) is 11.9. The maximum Gasteiger partial charge on any atom is 0.407 e. The molecular weight excluding hydrogens is 252 g/mol. The SMILES string of the molecule is CC(C)C(CNC1CCCC1C)NC(=O)OC(C)(C)C. The topological polar surface area (TPSA) is 50.4 Å². The van der Waals surface area contributed by atoms with Gasteiger partial charge in [0.1, 0.15) is 5.60 Å². The molecule has 1 amide bonds. The van der Waals surface area contributed by atoms with Crippen molar-refractivity contribution in [1.82, 2.24) is 10.6 Å². The zero-order valence-electron chi connectivity index (χ0n) is 14.0. The van der Waals surface area contributed by atoms with Crippen molar-refractivity contribution in [3.8, 4) is 0 Å². The smallest absolute Gasteiger partial charge is 0.407 e. The van der Waals surface area contributed by atoms with Crippen LogP contribution in [0.25, 0.3) is 0 Å². The van der Waals surface area contributed by atoms with E-state index in [1.165, 1.54) is 19.3 Å². The summed E-state index contributed by atoms with van der Waals surface area (Å²) >= 11 is 0. The van der Waals surface area contributed by atoms with Gasteiger partial charge in [-0.05, 0) is 45.4 Å². The Bertz CT molecular complexity index is 310. The van der Waals surface area contributed by atoms with Crippen LogP contribution in [0.2, 0.25) is 0 Å². The van der Waals surface area contributed by atoms with Crippen LogP contribution in [0, 0.1) is 11.8 Å². The van der Waals surface area contributed by atoms with E-state index in [1.807, 2.05) is 20.8 Å². The van der Waals surface area contributed by atoms with Crippen molar-refractivity contribution in [2.75, 3.05) is 6.54 Å². The predicted molar refractivity (Wildman–Crippen MR) is 82.8 cm³/mol. The zero-order valence-corrected chi connectivity index (χ0v) is 14.0. The Morgan fingerprint density at radius 2 is 1.95 bits per heavy atom. The van der Waals surface area contributed by atoms with Gasteiger partial charge in [0, 0.05) is 18.6 Å². The normalized spacial score (nSPS) is 24.8. The molecule has 2 N–H and O–H groups in total. The Kier molecular flexibility index (Phi) is 6.31. The van der Waals surface area contributed by atoms with Gasteiger partial charge in [-0.1, -0.05) is 27.2 Å². The van der Waals surface area contributed by atoms with Crippen molar-refractivity contribution < 1.29 is 9.53 Å². The van der Waals surface area contributed by atoms with E-state index < -0.39 is 5.60 Å². The van der Waals surface area contributed by atoms with Gasteiger partial charge in [0.05, 0.1) is 0 Å². The van der Waals surface area contributed by atoms with Crippen LogP contribution >= 0.6 is 0 Å². The third kappa shape index (κ3) is 6.12. The highest BCUT2D eigenvalue weighted by Gasteiger charge is 2.26. The van der Waals surface area contributed by atoms with Gasteiger partial charge < -0.3 is 15.4 Å². The standard InChI is InChI=1S/C16H32N2O2/c1-11(2)14(18-15(19)20-16(4,5)6)10-17-13-9-7-8-12(13)3/h11-14,17H,7-10H2,1-6H3,(H,18,19). The lowest BCUT2D eigenvalue weighted by Crippen LogP contribution is -2.49. The molecule has 3 atom stereocenters. The van der Waals surface area contributed by atoms with E-state index in [1.54, 1.807) is 0 Å². The molecule has 0 aromatic carbocycles. The minimum atomic E-state index is -0.445. The molecule has 4 nitrogen and oxygen atoms in total. The Morgan fingerprint density at radius 1 is 1.30 bits per heavy atom. The Hall–Kier alpha value is -0.770. The number of alkyl carbamates (subject to hydrolysis) is 1. The van der Waals surface area contributed by atoms with Gasteiger partial charge in [-0.3, -0.25) is 0 Å². The van der Waals surface area contributed by atoms with Crippen LogP contribution < -0.4 is 10.6 Å². The minimum Gasteiger partial charge on any atom is -0.444 e. The highest BCUT2D eigenvalue weighted by atomic mass is 16.6. The minimum absolute atomic E-state index is 0.109. The van der Waals surface area contributed by atoms with Crippen LogP contribution in [-0.2, 0) is 4.74 Å². The fraction of sp³-hybridized carbons (Fsp3) is 0.938. The second kappa shape index (κ2) is 7.30. The van der Waals surface area contributed by atoms with Gasteiger partial charge in [0.15, 0.2) is 0 Å². The van der Waals surface area contributed by atoms with E-state index in [4.69, 9.17) is 4.74 Å². The number of ether oxygens (including phenoxy) is 1. The summed E-state index contributed by atoms with van der Waals surface area (Å²) in [6.07, 6.45) is 3.55. The van der Waals surface area contributed by atoms with Gasteiger partial charge in [0.2, 0.25) is 0 Å². The molecule has 0 heterocycles. The lowest BCUT2D eigenvalue weighted by atomic mass is 10.0. The molecule has 20 heavy (non-hydrogen) atoms. The van der Waals surface area contributed by atoms with E-state index in [2.05, 4.69) is 31.4 Å². The fourth-order valence-corrected chi connectivity index (χ4v) is 2.64. The summed E-state index contributed by atoms with van der Waals surface area (Å²) in [7, 11) is 0. The Morgan fingerprint density at radius 3 is 2.40 bits per heavy atom. The maximum atomic E-state index is 11.9. The number of rotatable bonds is 5. The number of hydrogen-bond acceptors (Lipinski definition) is 3. The van der Waals surface area contributed by atoms with Crippen molar-refractivity contribution in [3.63, 3.8) is 0 Å². The predicted octanol–water partition coefficient (Wildman–Crippen LogP) is 3.31. The van der Waals surface area contributed by atoms with Gasteiger partial charge in [-0.2, -0.15) is 0 Å². The van der Waals surface area contributed by atoms with Crippen LogP contribution in [0.5, 0.6) is 0 Å². The zero-order chi connectivity index (χ0) is 15.3.